The number of rotatable bonds is 4. The molecule has 1 fully saturated rings. The van der Waals surface area contributed by atoms with Gasteiger partial charge >= 0.3 is 11.2 Å². The Bertz CT molecular complexity index is 811. The van der Waals surface area contributed by atoms with Crippen molar-refractivity contribution >= 4 is 33.9 Å². The fraction of sp³-hybridized carbons (Fsp3) is 0.312. The van der Waals surface area contributed by atoms with Gasteiger partial charge in [0.1, 0.15) is 0 Å². The molecule has 2 aromatic rings. The van der Waals surface area contributed by atoms with Gasteiger partial charge in [-0.05, 0) is 37.1 Å². The van der Waals surface area contributed by atoms with Gasteiger partial charge in [-0.15, -0.1) is 0 Å². The van der Waals surface area contributed by atoms with Crippen molar-refractivity contribution in [2.45, 2.75) is 19.0 Å². The van der Waals surface area contributed by atoms with Crippen LogP contribution in [0.4, 0.5) is 29.5 Å². The highest BCUT2D eigenvalue weighted by Crippen LogP contribution is 2.38. The van der Waals surface area contributed by atoms with Crippen molar-refractivity contribution in [1.82, 2.24) is 0 Å². The van der Waals surface area contributed by atoms with E-state index in [4.69, 9.17) is 0 Å². The van der Waals surface area contributed by atoms with Gasteiger partial charge in [-0.3, -0.25) is 15.1 Å². The van der Waals surface area contributed by atoms with Crippen molar-refractivity contribution in [3.63, 3.8) is 0 Å². The molecule has 9 heteroatoms. The van der Waals surface area contributed by atoms with Crippen LogP contribution in [0.5, 0.6) is 0 Å². The molecule has 1 aliphatic heterocycles. The summed E-state index contributed by atoms with van der Waals surface area (Å²) in [7, 11) is 0. The Labute approximate surface area is 145 Å². The van der Waals surface area contributed by atoms with E-state index < -0.39 is 16.7 Å². The fourth-order valence-corrected chi connectivity index (χ4v) is 3.37. The summed E-state index contributed by atoms with van der Waals surface area (Å²) in [6.07, 6.45) is -1.11. The van der Waals surface area contributed by atoms with Crippen molar-refractivity contribution in [1.29, 1.82) is 0 Å². The minimum atomic E-state index is -4.45. The van der Waals surface area contributed by atoms with E-state index >= 15 is 0 Å². The van der Waals surface area contributed by atoms with E-state index in [1.165, 1.54) is 24.4 Å². The zero-order valence-electron chi connectivity index (χ0n) is 13.0. The monoisotopic (exact) mass is 369 g/mol. The van der Waals surface area contributed by atoms with E-state index in [1.807, 2.05) is 4.90 Å². The molecule has 0 saturated carbocycles. The zero-order chi connectivity index (χ0) is 18.0. The quantitative estimate of drug-likeness (QED) is 0.432. The number of hydrogen-bond acceptors (Lipinski definition) is 5. The van der Waals surface area contributed by atoms with Crippen molar-refractivity contribution in [2.24, 2.45) is 4.99 Å². The normalized spacial score (nSPS) is 15.2. The van der Waals surface area contributed by atoms with Crippen molar-refractivity contribution in [3.05, 3.63) is 50.9 Å². The fourth-order valence-electron chi connectivity index (χ4n) is 2.67. The molecular formula is C16H14F3N3O2S. The third-order valence-electron chi connectivity index (χ3n) is 3.87. The first-order chi connectivity index (χ1) is 11.8. The summed E-state index contributed by atoms with van der Waals surface area (Å²) in [6.45, 7) is 1.55. The maximum atomic E-state index is 13.0. The average Bonchev–Trinajstić information content (AvgIpc) is 3.23. The van der Waals surface area contributed by atoms with Crippen LogP contribution in [-0.4, -0.2) is 24.2 Å². The van der Waals surface area contributed by atoms with Gasteiger partial charge in [-0.25, -0.2) is 0 Å². The van der Waals surface area contributed by atoms with Crippen LogP contribution in [0.15, 0.2) is 35.3 Å². The van der Waals surface area contributed by atoms with Crippen LogP contribution in [0.25, 0.3) is 0 Å². The molecule has 1 aliphatic rings. The predicted molar refractivity (Wildman–Crippen MR) is 91.1 cm³/mol. The lowest BCUT2D eigenvalue weighted by Gasteiger charge is -2.20. The highest BCUT2D eigenvalue weighted by Gasteiger charge is 2.31. The van der Waals surface area contributed by atoms with Crippen LogP contribution in [0.3, 0.4) is 0 Å². The predicted octanol–water partition coefficient (Wildman–Crippen LogP) is 5.03. The Kier molecular flexibility index (Phi) is 4.76. The summed E-state index contributed by atoms with van der Waals surface area (Å²) in [5.74, 6) is 0. The summed E-state index contributed by atoms with van der Waals surface area (Å²) in [5.41, 5.74) is 0.0975. The summed E-state index contributed by atoms with van der Waals surface area (Å²) >= 11 is 0.924. The van der Waals surface area contributed by atoms with Crippen molar-refractivity contribution < 1.29 is 18.1 Å². The number of thiophene rings is 1. The van der Waals surface area contributed by atoms with Gasteiger partial charge in [0.15, 0.2) is 0 Å². The summed E-state index contributed by atoms with van der Waals surface area (Å²) < 4.78 is 39.0. The number of nitrogens with zero attached hydrogens (tertiary/aromatic N) is 3. The number of alkyl halides is 3. The maximum absolute atomic E-state index is 13.0. The molecule has 0 N–H and O–H groups in total. The Morgan fingerprint density at radius 2 is 1.92 bits per heavy atom. The summed E-state index contributed by atoms with van der Waals surface area (Å²) in [5, 5.41) is 10.7. The van der Waals surface area contributed by atoms with Crippen LogP contribution in [0.1, 0.15) is 23.3 Å². The SMILES string of the molecule is O=[N+]([O-])c1ccc(C=Nc2cc(C(F)(F)F)ccc2N2CCCC2)s1. The molecule has 0 unspecified atom stereocenters. The van der Waals surface area contributed by atoms with Gasteiger partial charge in [-0.2, -0.15) is 13.2 Å². The molecular weight excluding hydrogens is 355 g/mol. The first kappa shape index (κ1) is 17.4. The average molecular weight is 369 g/mol. The highest BCUT2D eigenvalue weighted by molar-refractivity contribution is 7.16. The number of aliphatic imine (C=N–C) groups is 1. The standard InChI is InChI=1S/C16H14F3N3O2S/c17-16(18,19)11-3-5-14(21-7-1-2-8-21)13(9-11)20-10-12-4-6-15(25-12)22(23)24/h3-6,9-10H,1-2,7-8H2. The minimum Gasteiger partial charge on any atom is -0.370 e. The first-order valence-electron chi connectivity index (χ1n) is 7.59. The van der Waals surface area contributed by atoms with E-state index in [9.17, 15) is 23.3 Å². The van der Waals surface area contributed by atoms with Crippen LogP contribution in [0, 0.1) is 10.1 Å². The number of hydrogen-bond donors (Lipinski definition) is 0. The maximum Gasteiger partial charge on any atom is 0.416 e. The lowest BCUT2D eigenvalue weighted by molar-refractivity contribution is -0.380. The molecule has 3 rings (SSSR count). The van der Waals surface area contributed by atoms with Gasteiger partial charge in [-0.1, -0.05) is 11.3 Å². The van der Waals surface area contributed by atoms with Crippen LogP contribution in [-0.2, 0) is 6.18 Å². The highest BCUT2D eigenvalue weighted by atomic mass is 32.1. The lowest BCUT2D eigenvalue weighted by atomic mass is 10.1. The number of anilines is 1. The number of nitro groups is 1. The molecule has 1 saturated heterocycles. The van der Waals surface area contributed by atoms with Gasteiger partial charge in [0.25, 0.3) is 0 Å². The van der Waals surface area contributed by atoms with Gasteiger partial charge in [0.2, 0.25) is 0 Å². The molecule has 2 heterocycles. The van der Waals surface area contributed by atoms with E-state index in [2.05, 4.69) is 4.99 Å². The topological polar surface area (TPSA) is 58.7 Å². The molecule has 25 heavy (non-hydrogen) atoms. The Hall–Kier alpha value is -2.42. The van der Waals surface area contributed by atoms with Crippen LogP contribution >= 0.6 is 11.3 Å². The first-order valence-corrected chi connectivity index (χ1v) is 8.41. The summed E-state index contributed by atoms with van der Waals surface area (Å²) in [6, 6.07) is 6.39. The van der Waals surface area contributed by atoms with E-state index in [0.29, 0.717) is 10.6 Å². The molecule has 0 amide bonds. The Morgan fingerprint density at radius 1 is 1.20 bits per heavy atom. The van der Waals surface area contributed by atoms with Crippen LogP contribution < -0.4 is 4.90 Å². The molecule has 5 nitrogen and oxygen atoms in total. The Morgan fingerprint density at radius 3 is 2.52 bits per heavy atom. The molecule has 0 aliphatic carbocycles. The van der Waals surface area contributed by atoms with Crippen molar-refractivity contribution in [2.75, 3.05) is 18.0 Å². The van der Waals surface area contributed by atoms with Crippen LogP contribution in [0.2, 0.25) is 0 Å². The molecule has 0 atom stereocenters. The number of benzene rings is 1. The molecule has 0 radical (unpaired) electrons. The second kappa shape index (κ2) is 6.83. The Balaban J connectivity index is 1.95. The van der Waals surface area contributed by atoms with Gasteiger partial charge in [0, 0.05) is 25.4 Å². The van der Waals surface area contributed by atoms with E-state index in [0.717, 1.165) is 49.4 Å². The largest absolute Gasteiger partial charge is 0.416 e. The third-order valence-corrected chi connectivity index (χ3v) is 4.84. The second-order valence-corrected chi connectivity index (χ2v) is 6.68. The molecule has 1 aromatic carbocycles. The second-order valence-electron chi connectivity index (χ2n) is 5.59. The molecule has 0 spiro atoms. The number of halogens is 3. The third kappa shape index (κ3) is 3.98. The van der Waals surface area contributed by atoms with E-state index in [-0.39, 0.29) is 10.7 Å². The van der Waals surface area contributed by atoms with Gasteiger partial charge < -0.3 is 4.90 Å². The molecule has 1 aromatic heterocycles. The smallest absolute Gasteiger partial charge is 0.370 e. The zero-order valence-corrected chi connectivity index (χ0v) is 13.8. The summed E-state index contributed by atoms with van der Waals surface area (Å²) in [4.78, 5) is 16.9. The minimum absolute atomic E-state index is 0.0368. The lowest BCUT2D eigenvalue weighted by Crippen LogP contribution is -2.18. The molecule has 0 bridgehead atoms. The molecule has 132 valence electrons. The van der Waals surface area contributed by atoms with Crippen molar-refractivity contribution in [3.8, 4) is 0 Å². The van der Waals surface area contributed by atoms with Gasteiger partial charge in [0.05, 0.1) is 26.7 Å². The van der Waals surface area contributed by atoms with E-state index in [1.54, 1.807) is 0 Å².